The molecule has 0 atom stereocenters. The van der Waals surface area contributed by atoms with Gasteiger partial charge in [-0.1, -0.05) is 19.3 Å². The molecule has 0 bridgehead atoms. The first-order valence-corrected chi connectivity index (χ1v) is 5.46. The van der Waals surface area contributed by atoms with Gasteiger partial charge in [-0.25, -0.2) is 0 Å². The van der Waals surface area contributed by atoms with Gasteiger partial charge >= 0.3 is 0 Å². The SMILES string of the molecule is O=C1COC2(CCCCC2)C12CC2. The molecule has 2 spiro atoms. The van der Waals surface area contributed by atoms with Crippen molar-refractivity contribution in [3.8, 4) is 0 Å². The van der Waals surface area contributed by atoms with Gasteiger partial charge in [0.15, 0.2) is 5.78 Å². The second-order valence-corrected chi connectivity index (χ2v) is 4.85. The number of hydrogen-bond donors (Lipinski definition) is 0. The molecule has 72 valence electrons. The summed E-state index contributed by atoms with van der Waals surface area (Å²) in [5, 5.41) is 0. The summed E-state index contributed by atoms with van der Waals surface area (Å²) in [7, 11) is 0. The van der Waals surface area contributed by atoms with E-state index in [2.05, 4.69) is 0 Å². The maximum atomic E-state index is 11.7. The number of carbonyl (C=O) groups excluding carboxylic acids is 1. The standard InChI is InChI=1S/C11H16O2/c12-9-8-13-11(10(9)6-7-10)4-2-1-3-5-11/h1-8H2. The van der Waals surface area contributed by atoms with Gasteiger partial charge in [-0.3, -0.25) is 4.79 Å². The van der Waals surface area contributed by atoms with E-state index in [9.17, 15) is 4.79 Å². The van der Waals surface area contributed by atoms with Crippen molar-refractivity contribution in [2.24, 2.45) is 5.41 Å². The zero-order chi connectivity index (χ0) is 8.94. The van der Waals surface area contributed by atoms with Crippen molar-refractivity contribution in [1.82, 2.24) is 0 Å². The van der Waals surface area contributed by atoms with E-state index in [1.54, 1.807) is 0 Å². The number of carbonyl (C=O) groups is 1. The van der Waals surface area contributed by atoms with Gasteiger partial charge in [-0.15, -0.1) is 0 Å². The van der Waals surface area contributed by atoms with E-state index in [1.165, 1.54) is 19.3 Å². The lowest BCUT2D eigenvalue weighted by Gasteiger charge is -2.37. The van der Waals surface area contributed by atoms with E-state index < -0.39 is 0 Å². The molecule has 2 heteroatoms. The molecule has 0 aromatic carbocycles. The van der Waals surface area contributed by atoms with E-state index in [1.807, 2.05) is 0 Å². The monoisotopic (exact) mass is 180 g/mol. The summed E-state index contributed by atoms with van der Waals surface area (Å²) in [4.78, 5) is 11.7. The summed E-state index contributed by atoms with van der Waals surface area (Å²) in [5.74, 6) is 0.398. The molecule has 3 fully saturated rings. The first kappa shape index (κ1) is 7.98. The lowest BCUT2D eigenvalue weighted by Crippen LogP contribution is -2.40. The van der Waals surface area contributed by atoms with E-state index in [4.69, 9.17) is 4.74 Å². The van der Waals surface area contributed by atoms with Crippen LogP contribution in [0.3, 0.4) is 0 Å². The Morgan fingerprint density at radius 3 is 2.31 bits per heavy atom. The normalized spacial score (nSPS) is 34.3. The molecule has 0 unspecified atom stereocenters. The van der Waals surface area contributed by atoms with Gasteiger partial charge < -0.3 is 4.74 Å². The molecule has 0 aromatic rings. The van der Waals surface area contributed by atoms with E-state index in [0.717, 1.165) is 25.7 Å². The van der Waals surface area contributed by atoms with Crippen LogP contribution in [0.4, 0.5) is 0 Å². The molecule has 0 aromatic heterocycles. The third-order valence-electron chi connectivity index (χ3n) is 4.30. The third kappa shape index (κ3) is 0.850. The molecule has 0 radical (unpaired) electrons. The molecule has 0 N–H and O–H groups in total. The van der Waals surface area contributed by atoms with Gasteiger partial charge in [0.25, 0.3) is 0 Å². The maximum Gasteiger partial charge on any atom is 0.167 e. The first-order valence-electron chi connectivity index (χ1n) is 5.46. The van der Waals surface area contributed by atoms with Crippen LogP contribution in [-0.4, -0.2) is 18.0 Å². The maximum absolute atomic E-state index is 11.7. The molecule has 0 amide bonds. The minimum Gasteiger partial charge on any atom is -0.366 e. The van der Waals surface area contributed by atoms with E-state index in [-0.39, 0.29) is 11.0 Å². The average molecular weight is 180 g/mol. The molecule has 2 saturated carbocycles. The van der Waals surface area contributed by atoms with Crippen molar-refractivity contribution in [3.63, 3.8) is 0 Å². The van der Waals surface area contributed by atoms with Crippen molar-refractivity contribution in [2.45, 2.75) is 50.5 Å². The molecule has 2 aliphatic carbocycles. The predicted octanol–water partition coefficient (Wildman–Crippen LogP) is 2.07. The number of ketones is 1. The third-order valence-corrected chi connectivity index (χ3v) is 4.30. The topological polar surface area (TPSA) is 26.3 Å². The molecule has 1 heterocycles. The number of Topliss-reactive ketones (excluding diaryl/α,β-unsaturated/α-hetero) is 1. The highest BCUT2D eigenvalue weighted by Gasteiger charge is 2.68. The van der Waals surface area contributed by atoms with E-state index in [0.29, 0.717) is 12.4 Å². The minimum atomic E-state index is 0.00231. The second kappa shape index (κ2) is 2.35. The van der Waals surface area contributed by atoms with Crippen LogP contribution >= 0.6 is 0 Å². The molecular formula is C11H16O2. The first-order chi connectivity index (χ1) is 6.29. The smallest absolute Gasteiger partial charge is 0.167 e. The highest BCUT2D eigenvalue weighted by molar-refractivity contribution is 5.91. The van der Waals surface area contributed by atoms with Crippen molar-refractivity contribution >= 4 is 5.78 Å². The molecule has 1 aliphatic heterocycles. The summed E-state index contributed by atoms with van der Waals surface area (Å²) >= 11 is 0. The summed E-state index contributed by atoms with van der Waals surface area (Å²) in [5.41, 5.74) is 0.00968. The van der Waals surface area contributed by atoms with Crippen LogP contribution < -0.4 is 0 Å². The fraction of sp³-hybridized carbons (Fsp3) is 0.909. The Hall–Kier alpha value is -0.370. The zero-order valence-corrected chi connectivity index (χ0v) is 7.97. The van der Waals surface area contributed by atoms with Gasteiger partial charge in [0.1, 0.15) is 6.61 Å². The van der Waals surface area contributed by atoms with Crippen LogP contribution in [0.2, 0.25) is 0 Å². The fourth-order valence-electron chi connectivity index (χ4n) is 3.34. The molecular weight excluding hydrogens is 164 g/mol. The van der Waals surface area contributed by atoms with Gasteiger partial charge in [-0.2, -0.15) is 0 Å². The number of ether oxygens (including phenoxy) is 1. The van der Waals surface area contributed by atoms with Crippen molar-refractivity contribution in [1.29, 1.82) is 0 Å². The summed E-state index contributed by atoms with van der Waals surface area (Å²) in [6.07, 6.45) is 8.33. The van der Waals surface area contributed by atoms with Crippen molar-refractivity contribution in [3.05, 3.63) is 0 Å². The highest BCUT2D eigenvalue weighted by atomic mass is 16.5. The Morgan fingerprint density at radius 1 is 1.00 bits per heavy atom. The lowest BCUT2D eigenvalue weighted by atomic mass is 9.73. The van der Waals surface area contributed by atoms with Crippen LogP contribution in [-0.2, 0) is 9.53 Å². The van der Waals surface area contributed by atoms with Crippen molar-refractivity contribution < 1.29 is 9.53 Å². The number of fused-ring (bicyclic) bond motifs is 1. The van der Waals surface area contributed by atoms with Crippen LogP contribution in [0.1, 0.15) is 44.9 Å². The Morgan fingerprint density at radius 2 is 1.69 bits per heavy atom. The minimum absolute atomic E-state index is 0.00231. The fourth-order valence-corrected chi connectivity index (χ4v) is 3.34. The van der Waals surface area contributed by atoms with Gasteiger partial charge in [0.2, 0.25) is 0 Å². The number of rotatable bonds is 0. The summed E-state index contributed by atoms with van der Waals surface area (Å²) in [6.45, 7) is 0.403. The van der Waals surface area contributed by atoms with Crippen LogP contribution in [0, 0.1) is 5.41 Å². The predicted molar refractivity (Wildman–Crippen MR) is 48.4 cm³/mol. The molecule has 2 nitrogen and oxygen atoms in total. The van der Waals surface area contributed by atoms with Gasteiger partial charge in [-0.05, 0) is 25.7 Å². The molecule has 13 heavy (non-hydrogen) atoms. The molecule has 1 saturated heterocycles. The number of hydrogen-bond acceptors (Lipinski definition) is 2. The largest absolute Gasteiger partial charge is 0.366 e. The Bertz CT molecular complexity index is 247. The van der Waals surface area contributed by atoms with Crippen LogP contribution in [0.25, 0.3) is 0 Å². The van der Waals surface area contributed by atoms with Crippen LogP contribution in [0.5, 0.6) is 0 Å². The molecule has 3 rings (SSSR count). The van der Waals surface area contributed by atoms with Crippen molar-refractivity contribution in [2.75, 3.05) is 6.61 Å². The summed E-state index contributed by atoms with van der Waals surface area (Å²) < 4.78 is 5.82. The molecule has 3 aliphatic rings. The van der Waals surface area contributed by atoms with Crippen LogP contribution in [0.15, 0.2) is 0 Å². The van der Waals surface area contributed by atoms with Gasteiger partial charge in [0, 0.05) is 0 Å². The summed E-state index contributed by atoms with van der Waals surface area (Å²) in [6, 6.07) is 0. The average Bonchev–Trinajstić information content (AvgIpc) is 2.93. The second-order valence-electron chi connectivity index (χ2n) is 4.85. The Labute approximate surface area is 78.6 Å². The highest BCUT2D eigenvalue weighted by Crippen LogP contribution is 2.63. The van der Waals surface area contributed by atoms with Gasteiger partial charge in [0.05, 0.1) is 11.0 Å². The lowest BCUT2D eigenvalue weighted by molar-refractivity contribution is -0.122. The van der Waals surface area contributed by atoms with E-state index >= 15 is 0 Å². The zero-order valence-electron chi connectivity index (χ0n) is 7.97. The quantitative estimate of drug-likeness (QED) is 0.570. The Balaban J connectivity index is 1.93. The Kier molecular flexibility index (Phi) is 1.44.